The van der Waals surface area contributed by atoms with E-state index < -0.39 is 70.7 Å². The number of aliphatic carboxylic acids is 1. The Morgan fingerprint density at radius 1 is 0.963 bits per heavy atom. The van der Waals surface area contributed by atoms with Gasteiger partial charge in [0, 0.05) is 12.4 Å². The number of ether oxygens (including phenoxy) is 1. The summed E-state index contributed by atoms with van der Waals surface area (Å²) in [7, 11) is -5.50. The van der Waals surface area contributed by atoms with E-state index >= 15 is 0 Å². The van der Waals surface area contributed by atoms with Crippen molar-refractivity contribution in [3.05, 3.63) is 0 Å². The molecule has 0 aromatic carbocycles. The Labute approximate surface area is 143 Å². The highest BCUT2D eigenvalue weighted by Gasteiger charge is 2.81. The minimum absolute atomic E-state index is 1.75. The average Bonchev–Trinajstić information content (AvgIpc) is 2.41. The number of alkyl halides is 9. The van der Waals surface area contributed by atoms with E-state index in [1.54, 1.807) is 0 Å². The van der Waals surface area contributed by atoms with Crippen LogP contribution in [0.25, 0.3) is 0 Å². The number of carboxylic acids is 1. The maximum absolute atomic E-state index is 13.1. The molecule has 1 unspecified atom stereocenters. The van der Waals surface area contributed by atoms with Crippen molar-refractivity contribution in [3.8, 4) is 0 Å². The first-order valence-electron chi connectivity index (χ1n) is 6.21. The molecule has 0 heterocycles. The lowest BCUT2D eigenvalue weighted by molar-refractivity contribution is -0.397. The van der Waals surface area contributed by atoms with E-state index in [9.17, 15) is 62.6 Å². The Kier molecular flexibility index (Phi) is 7.18. The molecular formula is C10H8F9O7S-. The highest BCUT2D eigenvalue weighted by atomic mass is 32.2. The van der Waals surface area contributed by atoms with Gasteiger partial charge in [0.25, 0.3) is 10.1 Å². The largest absolute Gasteiger partial charge is 0.550 e. The van der Waals surface area contributed by atoms with Crippen LogP contribution in [0.3, 0.4) is 0 Å². The molecular weight excluding hydrogens is 435 g/mol. The zero-order chi connectivity index (χ0) is 22.1. The molecule has 1 atom stereocenters. The van der Waals surface area contributed by atoms with Crippen LogP contribution in [-0.4, -0.2) is 60.7 Å². The minimum Gasteiger partial charge on any atom is -0.550 e. The van der Waals surface area contributed by atoms with Crippen molar-refractivity contribution in [2.24, 2.45) is 0 Å². The first-order valence-corrected chi connectivity index (χ1v) is 7.71. The summed E-state index contributed by atoms with van der Waals surface area (Å²) >= 11 is 0. The van der Waals surface area contributed by atoms with Crippen LogP contribution in [0, 0.1) is 0 Å². The smallest absolute Gasteiger partial charge is 0.460 e. The van der Waals surface area contributed by atoms with Crippen LogP contribution in [0.5, 0.6) is 0 Å². The molecule has 7 nitrogen and oxygen atoms in total. The van der Waals surface area contributed by atoms with Crippen LogP contribution in [0.15, 0.2) is 0 Å². The van der Waals surface area contributed by atoms with Gasteiger partial charge in [0.1, 0.15) is 0 Å². The van der Waals surface area contributed by atoms with E-state index in [-0.39, 0.29) is 0 Å². The number of esters is 1. The molecule has 17 heteroatoms. The summed E-state index contributed by atoms with van der Waals surface area (Å²) in [6.07, 6.45) is -11.4. The standard InChI is InChI=1S/C10H9F9O7S/c11-7(12,8(13,14)9(15,16)10(17,18)19)1-2-26-6(22)4(3-5(20)21)27(23,24)25/h4H,1-3H2,(H,20,21)(H,23,24,25)/p-1. The van der Waals surface area contributed by atoms with Crippen molar-refractivity contribution in [2.45, 2.75) is 42.0 Å². The van der Waals surface area contributed by atoms with Crippen LogP contribution in [0.2, 0.25) is 0 Å². The van der Waals surface area contributed by atoms with Gasteiger partial charge in [-0.1, -0.05) is 0 Å². The van der Waals surface area contributed by atoms with E-state index in [4.69, 9.17) is 4.55 Å². The molecule has 27 heavy (non-hydrogen) atoms. The SMILES string of the molecule is O=C([O-])CC(C(=O)OCCC(F)(F)C(F)(F)C(F)(F)C(F)(F)F)S(=O)(=O)O. The number of hydrogen-bond donors (Lipinski definition) is 1. The second kappa shape index (κ2) is 7.69. The fraction of sp³-hybridized carbons (Fsp3) is 0.800. The van der Waals surface area contributed by atoms with Gasteiger partial charge in [0.2, 0.25) is 0 Å². The summed E-state index contributed by atoms with van der Waals surface area (Å²) in [6, 6.07) is 0. The van der Waals surface area contributed by atoms with Gasteiger partial charge in [-0.05, 0) is 0 Å². The van der Waals surface area contributed by atoms with E-state index in [0.717, 1.165) is 0 Å². The summed E-state index contributed by atoms with van der Waals surface area (Å²) in [5.41, 5.74) is 0. The van der Waals surface area contributed by atoms with Crippen LogP contribution in [0.1, 0.15) is 12.8 Å². The highest BCUT2D eigenvalue weighted by molar-refractivity contribution is 7.87. The lowest BCUT2D eigenvalue weighted by atomic mass is 10.0. The Balaban J connectivity index is 5.25. The number of carboxylic acid groups (broad SMARTS) is 1. The van der Waals surface area contributed by atoms with Crippen molar-refractivity contribution >= 4 is 22.1 Å². The fourth-order valence-electron chi connectivity index (χ4n) is 1.40. The van der Waals surface area contributed by atoms with Crippen LogP contribution < -0.4 is 5.11 Å². The van der Waals surface area contributed by atoms with Gasteiger partial charge >= 0.3 is 29.9 Å². The normalized spacial score (nSPS) is 15.3. The van der Waals surface area contributed by atoms with Crippen LogP contribution in [-0.2, 0) is 24.4 Å². The van der Waals surface area contributed by atoms with Gasteiger partial charge in [0.15, 0.2) is 5.25 Å². The molecule has 0 aliphatic carbocycles. The molecule has 1 N–H and O–H groups in total. The Hall–Kier alpha value is -1.78. The predicted molar refractivity (Wildman–Crippen MR) is 61.4 cm³/mol. The first-order chi connectivity index (χ1) is 11.7. The summed E-state index contributed by atoms with van der Waals surface area (Å²) in [4.78, 5) is 21.4. The summed E-state index contributed by atoms with van der Waals surface area (Å²) in [6.45, 7) is -2.02. The zero-order valence-electron chi connectivity index (χ0n) is 12.4. The molecule has 0 spiro atoms. The Morgan fingerprint density at radius 3 is 1.74 bits per heavy atom. The lowest BCUT2D eigenvalue weighted by Gasteiger charge is -2.33. The molecule has 160 valence electrons. The van der Waals surface area contributed by atoms with Gasteiger partial charge in [-0.3, -0.25) is 9.35 Å². The number of carbonyl (C=O) groups is 2. The number of carbonyl (C=O) groups excluding carboxylic acids is 2. The van der Waals surface area contributed by atoms with E-state index in [0.29, 0.717) is 0 Å². The summed E-state index contributed by atoms with van der Waals surface area (Å²) in [5.74, 6) is -24.8. The quantitative estimate of drug-likeness (QED) is 0.318. The fourth-order valence-corrected chi connectivity index (χ4v) is 2.06. The molecule has 0 amide bonds. The molecule has 0 bridgehead atoms. The molecule has 0 aromatic rings. The molecule has 0 aromatic heterocycles. The molecule has 0 aliphatic rings. The topological polar surface area (TPSA) is 121 Å². The van der Waals surface area contributed by atoms with E-state index in [1.165, 1.54) is 0 Å². The molecule has 0 fully saturated rings. The van der Waals surface area contributed by atoms with Crippen molar-refractivity contribution in [2.75, 3.05) is 6.61 Å². The van der Waals surface area contributed by atoms with Gasteiger partial charge in [-0.2, -0.15) is 47.9 Å². The summed E-state index contributed by atoms with van der Waals surface area (Å²) < 4.78 is 147. The second-order valence-electron chi connectivity index (χ2n) is 4.85. The molecule has 0 radical (unpaired) electrons. The molecule has 0 aliphatic heterocycles. The van der Waals surface area contributed by atoms with Crippen molar-refractivity contribution in [1.82, 2.24) is 0 Å². The summed E-state index contributed by atoms with van der Waals surface area (Å²) in [5, 5.41) is 7.29. The van der Waals surface area contributed by atoms with E-state index in [1.807, 2.05) is 0 Å². The Morgan fingerprint density at radius 2 is 1.41 bits per heavy atom. The first kappa shape index (κ1) is 25.2. The lowest BCUT2D eigenvalue weighted by Crippen LogP contribution is -2.61. The number of hydrogen-bond acceptors (Lipinski definition) is 6. The van der Waals surface area contributed by atoms with Crippen molar-refractivity contribution in [3.63, 3.8) is 0 Å². The monoisotopic (exact) mass is 443 g/mol. The average molecular weight is 443 g/mol. The molecule has 0 rings (SSSR count). The maximum Gasteiger partial charge on any atom is 0.460 e. The third-order valence-electron chi connectivity index (χ3n) is 2.84. The second-order valence-corrected chi connectivity index (χ2v) is 6.45. The van der Waals surface area contributed by atoms with Gasteiger partial charge < -0.3 is 14.6 Å². The van der Waals surface area contributed by atoms with Crippen molar-refractivity contribution < 1.29 is 71.9 Å². The maximum atomic E-state index is 13.1. The molecule has 0 saturated carbocycles. The highest BCUT2D eigenvalue weighted by Crippen LogP contribution is 2.53. The van der Waals surface area contributed by atoms with Crippen LogP contribution >= 0.6 is 0 Å². The van der Waals surface area contributed by atoms with Gasteiger partial charge in [-0.15, -0.1) is 0 Å². The minimum atomic E-state index is -7.17. The molecule has 0 saturated heterocycles. The number of halogens is 9. The Bertz CT molecular complexity index is 671. The van der Waals surface area contributed by atoms with Gasteiger partial charge in [0.05, 0.1) is 13.0 Å². The van der Waals surface area contributed by atoms with Crippen molar-refractivity contribution in [1.29, 1.82) is 0 Å². The zero-order valence-corrected chi connectivity index (χ0v) is 13.2. The third-order valence-corrected chi connectivity index (χ3v) is 3.92. The third kappa shape index (κ3) is 5.60. The number of rotatable bonds is 9. The predicted octanol–water partition coefficient (Wildman–Crippen LogP) is 0.784. The van der Waals surface area contributed by atoms with Gasteiger partial charge in [-0.25, -0.2) is 0 Å². The van der Waals surface area contributed by atoms with E-state index in [2.05, 4.69) is 4.74 Å². The van der Waals surface area contributed by atoms with Crippen LogP contribution in [0.4, 0.5) is 39.5 Å².